The van der Waals surface area contributed by atoms with Crippen LogP contribution in [0.25, 0.3) is 0 Å². The number of amides is 1. The molecular formula is C13H12ClN3OS. The van der Waals surface area contributed by atoms with Crippen LogP contribution in [-0.2, 0) is 4.79 Å². The van der Waals surface area contributed by atoms with E-state index < -0.39 is 0 Å². The van der Waals surface area contributed by atoms with Crippen molar-refractivity contribution < 1.29 is 4.79 Å². The fraction of sp³-hybridized carbons (Fsp3) is 0.0769. The van der Waals surface area contributed by atoms with Gasteiger partial charge < -0.3 is 11.1 Å². The van der Waals surface area contributed by atoms with E-state index in [-0.39, 0.29) is 11.7 Å². The Labute approximate surface area is 120 Å². The zero-order valence-corrected chi connectivity index (χ0v) is 11.5. The van der Waals surface area contributed by atoms with Gasteiger partial charge in [-0.1, -0.05) is 35.5 Å². The number of carbonyl (C=O) groups is 1. The van der Waals surface area contributed by atoms with Crippen LogP contribution in [0.5, 0.6) is 0 Å². The Bertz CT molecular complexity index is 574. The minimum atomic E-state index is -0.125. The molecule has 0 aliphatic heterocycles. The van der Waals surface area contributed by atoms with Gasteiger partial charge in [-0.05, 0) is 24.3 Å². The molecule has 98 valence electrons. The normalized spacial score (nSPS) is 10.2. The minimum absolute atomic E-state index is 0.125. The number of para-hydroxylation sites is 2. The lowest BCUT2D eigenvalue weighted by atomic mass is 10.3. The molecule has 0 aliphatic carbocycles. The maximum atomic E-state index is 11.8. The Balaban J connectivity index is 1.88. The molecule has 0 aliphatic rings. The summed E-state index contributed by atoms with van der Waals surface area (Å²) in [6.45, 7) is 0. The van der Waals surface area contributed by atoms with Gasteiger partial charge in [-0.25, -0.2) is 4.98 Å². The van der Waals surface area contributed by atoms with Crippen LogP contribution in [0.15, 0.2) is 47.6 Å². The van der Waals surface area contributed by atoms with E-state index >= 15 is 0 Å². The van der Waals surface area contributed by atoms with Gasteiger partial charge in [-0.3, -0.25) is 4.79 Å². The topological polar surface area (TPSA) is 68.0 Å². The van der Waals surface area contributed by atoms with Crippen molar-refractivity contribution in [1.82, 2.24) is 4.98 Å². The Morgan fingerprint density at radius 1 is 1.32 bits per heavy atom. The van der Waals surface area contributed by atoms with Crippen LogP contribution in [0.1, 0.15) is 0 Å². The number of anilines is 2. The third-order valence-electron chi connectivity index (χ3n) is 2.29. The average molecular weight is 294 g/mol. The molecule has 1 heterocycles. The highest BCUT2D eigenvalue weighted by Crippen LogP contribution is 2.19. The molecule has 0 atom stereocenters. The van der Waals surface area contributed by atoms with Crippen LogP contribution >= 0.6 is 23.4 Å². The Hall–Kier alpha value is -1.72. The van der Waals surface area contributed by atoms with Gasteiger partial charge in [-0.15, -0.1) is 0 Å². The molecule has 0 unspecified atom stereocenters. The summed E-state index contributed by atoms with van der Waals surface area (Å²) in [6.07, 6.45) is 1.55. The summed E-state index contributed by atoms with van der Waals surface area (Å²) >= 11 is 7.07. The molecule has 0 saturated carbocycles. The molecule has 0 fully saturated rings. The van der Waals surface area contributed by atoms with Crippen molar-refractivity contribution in [3.05, 3.63) is 47.6 Å². The largest absolute Gasteiger partial charge is 0.397 e. The number of nitrogen functional groups attached to an aromatic ring is 1. The molecule has 4 nitrogen and oxygen atoms in total. The van der Waals surface area contributed by atoms with Gasteiger partial charge in [0.1, 0.15) is 0 Å². The zero-order chi connectivity index (χ0) is 13.7. The maximum absolute atomic E-state index is 11.8. The predicted molar refractivity (Wildman–Crippen MR) is 79.5 cm³/mol. The van der Waals surface area contributed by atoms with Gasteiger partial charge >= 0.3 is 0 Å². The van der Waals surface area contributed by atoms with E-state index in [9.17, 15) is 4.79 Å². The second-order valence-electron chi connectivity index (χ2n) is 3.74. The number of rotatable bonds is 4. The fourth-order valence-corrected chi connectivity index (χ4v) is 2.14. The quantitative estimate of drug-likeness (QED) is 0.671. The summed E-state index contributed by atoms with van der Waals surface area (Å²) in [6, 6.07) is 10.7. The highest BCUT2D eigenvalue weighted by atomic mass is 35.5. The third kappa shape index (κ3) is 4.15. The van der Waals surface area contributed by atoms with E-state index in [0.29, 0.717) is 16.4 Å². The van der Waals surface area contributed by atoms with Crippen molar-refractivity contribution in [2.75, 3.05) is 16.8 Å². The molecule has 0 saturated heterocycles. The molecule has 1 aromatic heterocycles. The number of pyridine rings is 1. The molecule has 6 heteroatoms. The van der Waals surface area contributed by atoms with Crippen LogP contribution in [0.3, 0.4) is 0 Å². The molecule has 2 rings (SSSR count). The van der Waals surface area contributed by atoms with Gasteiger partial charge in [0, 0.05) is 6.20 Å². The summed E-state index contributed by atoms with van der Waals surface area (Å²) in [5.74, 6) is 0.142. The van der Waals surface area contributed by atoms with Gasteiger partial charge in [0.25, 0.3) is 0 Å². The second kappa shape index (κ2) is 6.45. The number of hydrogen-bond acceptors (Lipinski definition) is 4. The molecular weight excluding hydrogens is 282 g/mol. The first kappa shape index (κ1) is 13.7. The summed E-state index contributed by atoms with van der Waals surface area (Å²) in [5.41, 5.74) is 6.91. The molecule has 0 radical (unpaired) electrons. The molecule has 2 aromatic rings. The monoisotopic (exact) mass is 293 g/mol. The Kier molecular flexibility index (Phi) is 4.65. The Morgan fingerprint density at radius 2 is 2.11 bits per heavy atom. The predicted octanol–water partition coefficient (Wildman–Crippen LogP) is 3.05. The summed E-state index contributed by atoms with van der Waals surface area (Å²) in [7, 11) is 0. The lowest BCUT2D eigenvalue weighted by molar-refractivity contribution is -0.113. The van der Waals surface area contributed by atoms with Crippen LogP contribution in [0.4, 0.5) is 11.4 Å². The van der Waals surface area contributed by atoms with E-state index in [2.05, 4.69) is 10.3 Å². The van der Waals surface area contributed by atoms with Crippen molar-refractivity contribution in [2.45, 2.75) is 5.03 Å². The van der Waals surface area contributed by atoms with E-state index in [0.717, 1.165) is 5.03 Å². The number of carbonyl (C=O) groups excluding carboxylic acids is 1. The molecule has 1 amide bonds. The summed E-state index contributed by atoms with van der Waals surface area (Å²) in [4.78, 5) is 15.9. The minimum Gasteiger partial charge on any atom is -0.397 e. The number of hydrogen-bond donors (Lipinski definition) is 2. The second-order valence-corrected chi connectivity index (χ2v) is 5.17. The van der Waals surface area contributed by atoms with E-state index in [1.165, 1.54) is 11.8 Å². The average Bonchev–Trinajstić information content (AvgIpc) is 2.41. The number of benzene rings is 1. The van der Waals surface area contributed by atoms with Crippen LogP contribution in [0.2, 0.25) is 5.02 Å². The number of nitrogens with zero attached hydrogens (tertiary/aromatic N) is 1. The van der Waals surface area contributed by atoms with Gasteiger partial charge in [0.05, 0.1) is 27.2 Å². The van der Waals surface area contributed by atoms with Crippen LogP contribution in [-0.4, -0.2) is 16.6 Å². The molecule has 1 aromatic carbocycles. The standard InChI is InChI=1S/C13H12ClN3OS/c14-9-5-6-13(16-7-9)19-8-12(18)17-11-4-2-1-3-10(11)15/h1-7H,8,15H2,(H,17,18). The number of aromatic nitrogens is 1. The van der Waals surface area contributed by atoms with E-state index in [1.54, 1.807) is 30.5 Å². The molecule has 0 bridgehead atoms. The first-order valence-corrected chi connectivity index (χ1v) is 6.90. The zero-order valence-electron chi connectivity index (χ0n) is 9.97. The van der Waals surface area contributed by atoms with Crippen LogP contribution < -0.4 is 11.1 Å². The van der Waals surface area contributed by atoms with Crippen molar-refractivity contribution in [2.24, 2.45) is 0 Å². The first-order valence-electron chi connectivity index (χ1n) is 5.54. The lowest BCUT2D eigenvalue weighted by Crippen LogP contribution is -2.15. The number of halogens is 1. The van der Waals surface area contributed by atoms with Gasteiger partial charge in [0.15, 0.2) is 0 Å². The number of nitrogens with two attached hydrogens (primary N) is 1. The smallest absolute Gasteiger partial charge is 0.234 e. The van der Waals surface area contributed by atoms with Gasteiger partial charge in [-0.2, -0.15) is 0 Å². The van der Waals surface area contributed by atoms with E-state index in [4.69, 9.17) is 17.3 Å². The van der Waals surface area contributed by atoms with Crippen molar-refractivity contribution in [3.63, 3.8) is 0 Å². The highest BCUT2D eigenvalue weighted by molar-refractivity contribution is 7.99. The third-order valence-corrected chi connectivity index (χ3v) is 3.45. The lowest BCUT2D eigenvalue weighted by Gasteiger charge is -2.07. The van der Waals surface area contributed by atoms with Crippen molar-refractivity contribution in [3.8, 4) is 0 Å². The Morgan fingerprint density at radius 3 is 2.79 bits per heavy atom. The van der Waals surface area contributed by atoms with Gasteiger partial charge in [0.2, 0.25) is 5.91 Å². The summed E-state index contributed by atoms with van der Waals surface area (Å²) < 4.78 is 0. The van der Waals surface area contributed by atoms with Crippen LogP contribution in [0, 0.1) is 0 Å². The van der Waals surface area contributed by atoms with Crippen molar-refractivity contribution in [1.29, 1.82) is 0 Å². The molecule has 0 spiro atoms. The fourth-order valence-electron chi connectivity index (χ4n) is 1.38. The van der Waals surface area contributed by atoms with Crippen molar-refractivity contribution >= 4 is 40.6 Å². The number of nitrogens with one attached hydrogen (secondary N) is 1. The number of thioether (sulfide) groups is 1. The summed E-state index contributed by atoms with van der Waals surface area (Å²) in [5, 5.41) is 4.08. The maximum Gasteiger partial charge on any atom is 0.234 e. The highest BCUT2D eigenvalue weighted by Gasteiger charge is 2.06. The molecule has 19 heavy (non-hydrogen) atoms. The SMILES string of the molecule is Nc1ccccc1NC(=O)CSc1ccc(Cl)cn1. The first-order chi connectivity index (χ1) is 9.15. The van der Waals surface area contributed by atoms with E-state index in [1.807, 2.05) is 12.1 Å². The molecule has 3 N–H and O–H groups in total.